The molecular formula is H28Na2O60P18. The number of hydrogen-bond acceptors (Lipinski definition) is 32. The van der Waals surface area contributed by atoms with Gasteiger partial charge in [-0.15, -0.1) is 0 Å². The van der Waals surface area contributed by atoms with Crippen LogP contribution in [-0.4, -0.2) is 137 Å². The molecule has 0 saturated carbocycles. The van der Waals surface area contributed by atoms with Crippen molar-refractivity contribution in [1.82, 2.24) is 0 Å². The molecule has 0 amide bonds. The maximum atomic E-state index is 10.4. The summed E-state index contributed by atoms with van der Waals surface area (Å²) in [5.74, 6) is 0. The van der Waals surface area contributed by atoms with Crippen LogP contribution in [0.3, 0.4) is 0 Å². The fourth-order valence-corrected chi connectivity index (χ4v) is 16.8. The minimum absolute atomic E-state index is 0. The Morgan fingerprint density at radius 3 is 0.275 bits per heavy atom. The van der Waals surface area contributed by atoms with Crippen molar-refractivity contribution < 1.29 is 340 Å². The molecule has 0 atom stereocenters. The second-order valence-corrected chi connectivity index (χ2v) is 34.8. The van der Waals surface area contributed by atoms with Crippen molar-refractivity contribution in [2.24, 2.45) is 0 Å². The molecule has 0 spiro atoms. The summed E-state index contributed by atoms with van der Waals surface area (Å²) in [4.78, 5) is 245. The van der Waals surface area contributed by atoms with Gasteiger partial charge in [-0.05, 0) is 0 Å². The molecule has 0 bridgehead atoms. The Hall–Kier alpha value is 4.46. The molecule has 480 valence electrons. The molecular weight excluding hydrogens is 1560 g/mol. The third-order valence-electron chi connectivity index (χ3n) is 2.50. The SMILES string of the molecule is O=P(O)(O)OP(=O)(O)OP(=O)(O)O.O=P(O)(O)OP(=O)(O)OP(=O)(O)O.O=P(O)(O)OP(=O)(O)OP(=O)(O)O.O=P(O)(O)OP(=O)(O)OP(=O)(O)O.O=P(O)(O)OP(=O)([O-])OP(=O)(O)O.O=P(O)(O)OP(=O)([O-])OP(=O)(O)O.[Na+].[Na+]. The van der Waals surface area contributed by atoms with Crippen molar-refractivity contribution in [3.63, 3.8) is 0 Å². The fraction of sp³-hybridized carbons (Fsp3) is 0. The first kappa shape index (κ1) is 101. The predicted octanol–water partition coefficient (Wildman–Crippen LogP) is -11.4. The van der Waals surface area contributed by atoms with Gasteiger partial charge in [0, 0.05) is 0 Å². The first-order valence-corrected chi connectivity index (χ1v) is 40.9. The summed E-state index contributed by atoms with van der Waals surface area (Å²) in [6.07, 6.45) is 0. The smallest absolute Gasteiger partial charge is 0.756 e. The van der Waals surface area contributed by atoms with Gasteiger partial charge in [-0.25, -0.2) is 90.3 Å². The molecule has 0 heterocycles. The minimum Gasteiger partial charge on any atom is -0.756 e. The maximum absolute atomic E-state index is 10.4. The van der Waals surface area contributed by atoms with Crippen LogP contribution in [0.5, 0.6) is 0 Å². The Kier molecular flexibility index (Phi) is 46.1. The Bertz CT molecular complexity index is 2140. The second-order valence-electron chi connectivity index (χ2n) is 9.64. The molecule has 0 unspecified atom stereocenters. The molecule has 0 aromatic rings. The summed E-state index contributed by atoms with van der Waals surface area (Å²) in [6, 6.07) is 0. The molecule has 80 heavy (non-hydrogen) atoms. The van der Waals surface area contributed by atoms with Crippen LogP contribution >= 0.6 is 141 Å². The quantitative estimate of drug-likeness (QED) is 0.0315. The van der Waals surface area contributed by atoms with Gasteiger partial charge in [0.25, 0.3) is 15.6 Å². The predicted molar refractivity (Wildman–Crippen MR) is 212 cm³/mol. The molecule has 80 heteroatoms. The number of rotatable bonds is 24. The van der Waals surface area contributed by atoms with Crippen LogP contribution in [0.25, 0.3) is 0 Å². The molecule has 0 fully saturated rings. The molecule has 0 aliphatic heterocycles. The monoisotopic (exact) mass is 1590 g/mol. The zero-order valence-electron chi connectivity index (χ0n) is 35.6. The van der Waals surface area contributed by atoms with E-state index in [4.69, 9.17) is 137 Å². The van der Waals surface area contributed by atoms with E-state index < -0.39 is 141 Å². The second kappa shape index (κ2) is 36.6. The van der Waals surface area contributed by atoms with E-state index in [1.165, 1.54) is 0 Å². The molecule has 0 aliphatic carbocycles. The van der Waals surface area contributed by atoms with Crippen LogP contribution in [0, 0.1) is 0 Å². The standard InChI is InChI=1S/2Na.6H5O10P3/c;;6*1-11(2,3)9-13(7,8)10-12(4,5)6/h;;6*(H,7,8)(H2,1,2,3)(H2,4,5,6)/q2*+1;;;;;;/p-2. The first-order chi connectivity index (χ1) is 32.5. The fourth-order valence-electron chi connectivity index (χ4n) is 1.69. The van der Waals surface area contributed by atoms with Gasteiger partial charge in [0.05, 0.1) is 0 Å². The van der Waals surface area contributed by atoms with Gasteiger partial charge < -0.3 is 147 Å². The van der Waals surface area contributed by atoms with Crippen molar-refractivity contribution in [3.05, 3.63) is 0 Å². The van der Waals surface area contributed by atoms with Gasteiger partial charge in [-0.1, -0.05) is 0 Å². The summed E-state index contributed by atoms with van der Waals surface area (Å²) < 4.78 is 217. The van der Waals surface area contributed by atoms with E-state index >= 15 is 0 Å². The van der Waals surface area contributed by atoms with E-state index in [2.05, 4.69) is 51.7 Å². The van der Waals surface area contributed by atoms with E-state index in [-0.39, 0.29) is 59.1 Å². The average molecular weight is 1590 g/mol. The van der Waals surface area contributed by atoms with Crippen LogP contribution < -0.4 is 68.9 Å². The van der Waals surface area contributed by atoms with E-state index in [9.17, 15) is 92.0 Å². The number of phosphoric acid groups is 18. The summed E-state index contributed by atoms with van der Waals surface area (Å²) in [5, 5.41) is 0. The zero-order valence-corrected chi connectivity index (χ0v) is 55.7. The maximum Gasteiger partial charge on any atom is 1.00 e. The van der Waals surface area contributed by atoms with Crippen LogP contribution in [-0.2, 0) is 134 Å². The molecule has 0 radical (unpaired) electrons. The third-order valence-corrected chi connectivity index (χ3v) is 22.5. The van der Waals surface area contributed by atoms with E-state index in [0.29, 0.717) is 0 Å². The largest absolute Gasteiger partial charge is 1.00 e. The van der Waals surface area contributed by atoms with Crippen LogP contribution in [0.15, 0.2) is 0 Å². The molecule has 0 rings (SSSR count). The van der Waals surface area contributed by atoms with E-state index in [1.807, 2.05) is 0 Å². The number of hydrogen-bond donors (Lipinski definition) is 28. The Balaban J connectivity index is -0.000000129. The first-order valence-electron chi connectivity index (χ1n) is 13.6. The molecule has 0 aromatic heterocycles. The van der Waals surface area contributed by atoms with Gasteiger partial charge in [0.1, 0.15) is 0 Å². The van der Waals surface area contributed by atoms with Crippen LogP contribution in [0.1, 0.15) is 0 Å². The Labute approximate surface area is 477 Å². The van der Waals surface area contributed by atoms with Gasteiger partial charge in [0.15, 0.2) is 0 Å². The van der Waals surface area contributed by atoms with Gasteiger partial charge in [-0.3, -0.25) is 9.13 Å². The van der Waals surface area contributed by atoms with Crippen molar-refractivity contribution in [3.8, 4) is 0 Å². The van der Waals surface area contributed by atoms with Gasteiger partial charge >= 0.3 is 184 Å². The minimum atomic E-state index is -5.71. The van der Waals surface area contributed by atoms with Gasteiger partial charge in [0.2, 0.25) is 0 Å². The summed E-state index contributed by atoms with van der Waals surface area (Å²) in [6.45, 7) is 0. The molecule has 0 aromatic carbocycles. The van der Waals surface area contributed by atoms with Crippen LogP contribution in [0.4, 0.5) is 0 Å². The molecule has 0 aliphatic rings. The molecule has 28 N–H and O–H groups in total. The van der Waals surface area contributed by atoms with Crippen molar-refractivity contribution in [1.29, 1.82) is 0 Å². The normalized spacial score (nSPS) is 14.2. The van der Waals surface area contributed by atoms with E-state index in [1.54, 1.807) is 0 Å². The van der Waals surface area contributed by atoms with Crippen molar-refractivity contribution in [2.75, 3.05) is 0 Å². The average Bonchev–Trinajstić information content (AvgIpc) is 2.81. The van der Waals surface area contributed by atoms with Crippen molar-refractivity contribution in [2.45, 2.75) is 0 Å². The van der Waals surface area contributed by atoms with E-state index in [0.717, 1.165) is 0 Å². The summed E-state index contributed by atoms with van der Waals surface area (Å²) in [7, 11) is -97.8. The van der Waals surface area contributed by atoms with Crippen molar-refractivity contribution >= 4 is 141 Å². The summed E-state index contributed by atoms with van der Waals surface area (Å²) in [5.41, 5.74) is 0. The third kappa shape index (κ3) is 93.6. The zero-order chi connectivity index (χ0) is 65.5. The Morgan fingerprint density at radius 1 is 0.163 bits per heavy atom. The Morgan fingerprint density at radius 2 is 0.225 bits per heavy atom. The topological polar surface area (TPSA) is 1030 Å². The summed E-state index contributed by atoms with van der Waals surface area (Å²) >= 11 is 0. The van der Waals surface area contributed by atoms with Crippen LogP contribution in [0.2, 0.25) is 0 Å². The molecule has 0 saturated heterocycles. The molecule has 60 nitrogen and oxygen atoms in total. The van der Waals surface area contributed by atoms with Gasteiger partial charge in [-0.2, -0.15) is 34.5 Å².